The highest BCUT2D eigenvalue weighted by atomic mass is 32.2. The number of para-hydroxylation sites is 1. The van der Waals surface area contributed by atoms with Crippen molar-refractivity contribution in [3.63, 3.8) is 0 Å². The number of anilines is 1. The molecule has 1 saturated heterocycles. The van der Waals surface area contributed by atoms with Crippen molar-refractivity contribution in [1.29, 1.82) is 0 Å². The molecule has 1 amide bonds. The van der Waals surface area contributed by atoms with E-state index in [1.807, 2.05) is 24.3 Å². The van der Waals surface area contributed by atoms with E-state index in [2.05, 4.69) is 4.72 Å². The van der Waals surface area contributed by atoms with Crippen LogP contribution in [0.2, 0.25) is 0 Å². The van der Waals surface area contributed by atoms with Crippen molar-refractivity contribution in [2.75, 3.05) is 24.6 Å². The van der Waals surface area contributed by atoms with E-state index in [1.165, 1.54) is 12.1 Å². The molecule has 2 aromatic rings. The summed E-state index contributed by atoms with van der Waals surface area (Å²) in [6.45, 7) is 1.41. The zero-order valence-corrected chi connectivity index (χ0v) is 15.0. The Labute approximate surface area is 152 Å². The van der Waals surface area contributed by atoms with Gasteiger partial charge in [0.05, 0.1) is 6.10 Å². The van der Waals surface area contributed by atoms with E-state index in [0.717, 1.165) is 30.5 Å². The van der Waals surface area contributed by atoms with Gasteiger partial charge in [0, 0.05) is 25.4 Å². The summed E-state index contributed by atoms with van der Waals surface area (Å²) in [5.41, 5.74) is 1.94. The molecule has 1 fully saturated rings. The number of amides is 1. The molecule has 1 atom stereocenters. The third-order valence-corrected chi connectivity index (χ3v) is 6.01. The molecule has 0 bridgehead atoms. The topological polar surface area (TPSA) is 88.8 Å². The fraction of sp³-hybridized carbons (Fsp3) is 0.389. The third-order valence-electron chi connectivity index (χ3n) is 4.71. The van der Waals surface area contributed by atoms with Gasteiger partial charge in [0.25, 0.3) is 15.9 Å². The molecule has 4 rings (SSSR count). The lowest BCUT2D eigenvalue weighted by Crippen LogP contribution is -2.31. The maximum atomic E-state index is 12.7. The van der Waals surface area contributed by atoms with Crippen LogP contribution in [0.5, 0.6) is 0 Å². The summed E-state index contributed by atoms with van der Waals surface area (Å²) in [4.78, 5) is 14.3. The van der Waals surface area contributed by atoms with Crippen LogP contribution in [0.4, 0.5) is 5.69 Å². The quantitative estimate of drug-likeness (QED) is 0.861. The van der Waals surface area contributed by atoms with E-state index in [-0.39, 0.29) is 29.4 Å². The monoisotopic (exact) mass is 376 g/mol. The van der Waals surface area contributed by atoms with Crippen LogP contribution in [0, 0.1) is 0 Å². The largest absolute Gasteiger partial charge is 0.438 e. The minimum atomic E-state index is -3.81. The number of carbonyl (C=O) groups is 1. The number of rotatable bonds is 5. The number of sulfonamides is 1. The fourth-order valence-corrected chi connectivity index (χ4v) is 4.34. The Morgan fingerprint density at radius 3 is 2.88 bits per heavy atom. The van der Waals surface area contributed by atoms with Gasteiger partial charge in [-0.2, -0.15) is 0 Å². The second-order valence-corrected chi connectivity index (χ2v) is 8.14. The third kappa shape index (κ3) is 3.27. The zero-order valence-electron chi connectivity index (χ0n) is 14.2. The number of furan rings is 1. The van der Waals surface area contributed by atoms with Crippen molar-refractivity contribution in [2.45, 2.75) is 30.5 Å². The summed E-state index contributed by atoms with van der Waals surface area (Å²) in [7, 11) is -3.81. The van der Waals surface area contributed by atoms with Crippen LogP contribution < -0.4 is 9.62 Å². The van der Waals surface area contributed by atoms with Gasteiger partial charge in [-0.25, -0.2) is 13.1 Å². The summed E-state index contributed by atoms with van der Waals surface area (Å²) in [5.74, 6) is -0.324. The number of nitrogens with zero attached hydrogens (tertiary/aromatic N) is 1. The first-order chi connectivity index (χ1) is 12.5. The predicted octanol–water partition coefficient (Wildman–Crippen LogP) is 1.94. The predicted molar refractivity (Wildman–Crippen MR) is 94.7 cm³/mol. The van der Waals surface area contributed by atoms with E-state index in [9.17, 15) is 13.2 Å². The SMILES string of the molecule is O=C(c1ccc(S(=O)(=O)NCC2CCCO2)o1)N1CCc2ccccc21. The Balaban J connectivity index is 1.48. The molecule has 0 saturated carbocycles. The number of hydrogen-bond donors (Lipinski definition) is 1. The van der Waals surface area contributed by atoms with Crippen molar-refractivity contribution < 1.29 is 22.4 Å². The fourth-order valence-electron chi connectivity index (χ4n) is 3.34. The highest BCUT2D eigenvalue weighted by molar-refractivity contribution is 7.89. The van der Waals surface area contributed by atoms with Gasteiger partial charge in [0.15, 0.2) is 5.76 Å². The molecule has 0 radical (unpaired) electrons. The first-order valence-corrected chi connectivity index (χ1v) is 10.1. The van der Waals surface area contributed by atoms with Crippen LogP contribution in [0.25, 0.3) is 0 Å². The van der Waals surface area contributed by atoms with Crippen molar-refractivity contribution in [2.24, 2.45) is 0 Å². The van der Waals surface area contributed by atoms with Crippen LogP contribution in [-0.4, -0.2) is 40.1 Å². The molecule has 138 valence electrons. The average Bonchev–Trinajstić information content (AvgIpc) is 3.40. The van der Waals surface area contributed by atoms with E-state index in [1.54, 1.807) is 4.90 Å². The number of nitrogens with one attached hydrogen (secondary N) is 1. The lowest BCUT2D eigenvalue weighted by atomic mass is 10.2. The molecule has 7 nitrogen and oxygen atoms in total. The van der Waals surface area contributed by atoms with Crippen LogP contribution in [0.1, 0.15) is 29.0 Å². The minimum Gasteiger partial charge on any atom is -0.438 e. The van der Waals surface area contributed by atoms with Crippen molar-refractivity contribution in [3.8, 4) is 0 Å². The molecule has 1 aromatic heterocycles. The zero-order chi connectivity index (χ0) is 18.1. The molecule has 3 heterocycles. The van der Waals surface area contributed by atoms with E-state index in [0.29, 0.717) is 13.2 Å². The van der Waals surface area contributed by atoms with Crippen LogP contribution in [-0.2, 0) is 21.2 Å². The summed E-state index contributed by atoms with van der Waals surface area (Å²) in [5, 5.41) is -0.258. The van der Waals surface area contributed by atoms with Gasteiger partial charge in [0.1, 0.15) is 0 Å². The van der Waals surface area contributed by atoms with E-state index in [4.69, 9.17) is 9.15 Å². The molecular formula is C18H20N2O5S. The second-order valence-electron chi connectivity index (χ2n) is 6.44. The lowest BCUT2D eigenvalue weighted by Gasteiger charge is -2.15. The molecule has 1 aromatic carbocycles. The molecule has 2 aliphatic heterocycles. The van der Waals surface area contributed by atoms with E-state index < -0.39 is 10.0 Å². The van der Waals surface area contributed by atoms with Crippen LogP contribution in [0.3, 0.4) is 0 Å². The number of carbonyl (C=O) groups excluding carboxylic acids is 1. The molecule has 0 spiro atoms. The molecule has 0 aliphatic carbocycles. The highest BCUT2D eigenvalue weighted by Gasteiger charge is 2.29. The normalized spacial score (nSPS) is 19.7. The minimum absolute atomic E-state index is 0.0131. The second kappa shape index (κ2) is 6.86. The van der Waals surface area contributed by atoms with Gasteiger partial charge in [-0.1, -0.05) is 18.2 Å². The molecule has 26 heavy (non-hydrogen) atoms. The molecular weight excluding hydrogens is 356 g/mol. The summed E-state index contributed by atoms with van der Waals surface area (Å²) < 4.78 is 38.0. The molecule has 1 N–H and O–H groups in total. The van der Waals surface area contributed by atoms with Crippen molar-refractivity contribution >= 4 is 21.6 Å². The maximum absolute atomic E-state index is 12.7. The van der Waals surface area contributed by atoms with Crippen molar-refractivity contribution in [3.05, 3.63) is 47.7 Å². The average molecular weight is 376 g/mol. The molecule has 2 aliphatic rings. The van der Waals surface area contributed by atoms with Gasteiger partial charge in [-0.05, 0) is 43.0 Å². The van der Waals surface area contributed by atoms with E-state index >= 15 is 0 Å². The number of fused-ring (bicyclic) bond motifs is 1. The Bertz CT molecular complexity index is 915. The Morgan fingerprint density at radius 2 is 2.08 bits per heavy atom. The highest BCUT2D eigenvalue weighted by Crippen LogP contribution is 2.29. The number of ether oxygens (including phenoxy) is 1. The first-order valence-electron chi connectivity index (χ1n) is 8.65. The Hall–Kier alpha value is -2.16. The van der Waals surface area contributed by atoms with Gasteiger partial charge in [-0.15, -0.1) is 0 Å². The number of hydrogen-bond acceptors (Lipinski definition) is 5. The smallest absolute Gasteiger partial charge is 0.294 e. The van der Waals surface area contributed by atoms with Gasteiger partial charge >= 0.3 is 0 Å². The lowest BCUT2D eigenvalue weighted by molar-refractivity contribution is 0.0957. The van der Waals surface area contributed by atoms with Gasteiger partial charge < -0.3 is 14.1 Å². The summed E-state index contributed by atoms with van der Waals surface area (Å²) >= 11 is 0. The molecule has 1 unspecified atom stereocenters. The molecule has 8 heteroatoms. The standard InChI is InChI=1S/C18H20N2O5S/c21-18(20-10-9-13-4-1-2-6-15(13)20)16-7-8-17(25-16)26(22,23)19-12-14-5-3-11-24-14/h1-2,4,6-8,14,19H,3,5,9-12H2. The van der Waals surface area contributed by atoms with Crippen LogP contribution in [0.15, 0.2) is 45.9 Å². The Morgan fingerprint density at radius 1 is 1.23 bits per heavy atom. The Kier molecular flexibility index (Phi) is 4.56. The number of benzene rings is 1. The summed E-state index contributed by atoms with van der Waals surface area (Å²) in [6, 6.07) is 10.4. The van der Waals surface area contributed by atoms with Gasteiger partial charge in [0.2, 0.25) is 5.09 Å². The van der Waals surface area contributed by atoms with Crippen LogP contribution >= 0.6 is 0 Å². The van der Waals surface area contributed by atoms with Gasteiger partial charge in [-0.3, -0.25) is 4.79 Å². The van der Waals surface area contributed by atoms with Crippen molar-refractivity contribution in [1.82, 2.24) is 4.72 Å². The first kappa shape index (κ1) is 17.3. The maximum Gasteiger partial charge on any atom is 0.294 e. The summed E-state index contributed by atoms with van der Waals surface area (Å²) in [6.07, 6.45) is 2.43.